The molecule has 0 aliphatic heterocycles. The summed E-state index contributed by atoms with van der Waals surface area (Å²) in [6, 6.07) is 7.47. The topological polar surface area (TPSA) is 95.1 Å². The van der Waals surface area contributed by atoms with Gasteiger partial charge >= 0.3 is 0 Å². The van der Waals surface area contributed by atoms with Crippen LogP contribution in [-0.2, 0) is 24.2 Å². The smallest absolute Gasteiger partial charge is 0.227 e. The van der Waals surface area contributed by atoms with Gasteiger partial charge in [0.15, 0.2) is 0 Å². The summed E-state index contributed by atoms with van der Waals surface area (Å²) in [7, 11) is 1.60. The van der Waals surface area contributed by atoms with Crippen LogP contribution in [0, 0.1) is 0 Å². The number of amides is 1. The Morgan fingerprint density at radius 2 is 2.18 bits per heavy atom. The van der Waals surface area contributed by atoms with Crippen LogP contribution in [0.1, 0.15) is 31.5 Å². The van der Waals surface area contributed by atoms with Crippen LogP contribution in [0.5, 0.6) is 5.75 Å². The van der Waals surface area contributed by atoms with Crippen molar-refractivity contribution in [2.75, 3.05) is 13.7 Å². The van der Waals surface area contributed by atoms with Crippen molar-refractivity contribution in [2.45, 2.75) is 39.2 Å². The van der Waals surface area contributed by atoms with Crippen LogP contribution in [0.3, 0.4) is 0 Å². The van der Waals surface area contributed by atoms with E-state index in [2.05, 4.69) is 31.9 Å². The molecule has 2 aromatic heterocycles. The summed E-state index contributed by atoms with van der Waals surface area (Å²) in [6.07, 6.45) is 6.24. The lowest BCUT2D eigenvalue weighted by molar-refractivity contribution is -0.121. The van der Waals surface area contributed by atoms with Crippen molar-refractivity contribution in [2.24, 2.45) is 0 Å². The molecule has 28 heavy (non-hydrogen) atoms. The van der Waals surface area contributed by atoms with Gasteiger partial charge in [0.05, 0.1) is 12.7 Å². The first kappa shape index (κ1) is 19.6. The Balaban J connectivity index is 1.42. The number of rotatable bonds is 10. The number of aromatic nitrogens is 4. The Morgan fingerprint density at radius 3 is 3.00 bits per heavy atom. The zero-order valence-electron chi connectivity index (χ0n) is 16.2. The van der Waals surface area contributed by atoms with Crippen LogP contribution in [0.4, 0.5) is 0 Å². The molecular weight excluding hydrogens is 358 g/mol. The van der Waals surface area contributed by atoms with E-state index in [0.29, 0.717) is 36.9 Å². The third-order valence-electron chi connectivity index (χ3n) is 4.40. The average molecular weight is 383 g/mol. The standard InChI is InChI=1S/C20H25N5O3/c1-3-17-21-12-14-25(17)13-6-11-22-18(26)9-10-19-23-20(24-28-19)15-7-4-5-8-16(15)27-2/h4-5,7-8,12,14H,3,6,9-11,13H2,1-2H3,(H,22,26). The molecule has 0 aliphatic rings. The monoisotopic (exact) mass is 383 g/mol. The van der Waals surface area contributed by atoms with E-state index in [1.54, 1.807) is 13.3 Å². The van der Waals surface area contributed by atoms with Gasteiger partial charge < -0.3 is 19.1 Å². The number of imidazole rings is 1. The van der Waals surface area contributed by atoms with E-state index in [-0.39, 0.29) is 5.91 Å². The summed E-state index contributed by atoms with van der Waals surface area (Å²) in [5.41, 5.74) is 0.760. The normalized spacial score (nSPS) is 10.8. The minimum absolute atomic E-state index is 0.0293. The summed E-state index contributed by atoms with van der Waals surface area (Å²) >= 11 is 0. The number of nitrogens with zero attached hydrogens (tertiary/aromatic N) is 4. The Labute approximate surface area is 163 Å². The number of aryl methyl sites for hydroxylation is 3. The third kappa shape index (κ3) is 4.97. The van der Waals surface area contributed by atoms with Gasteiger partial charge in [-0.25, -0.2) is 4.98 Å². The highest BCUT2D eigenvalue weighted by atomic mass is 16.5. The van der Waals surface area contributed by atoms with E-state index < -0.39 is 0 Å². The van der Waals surface area contributed by atoms with Gasteiger partial charge in [-0.1, -0.05) is 24.2 Å². The molecule has 0 fully saturated rings. The Morgan fingerprint density at radius 1 is 1.32 bits per heavy atom. The van der Waals surface area contributed by atoms with Crippen LogP contribution in [0.15, 0.2) is 41.2 Å². The van der Waals surface area contributed by atoms with E-state index >= 15 is 0 Å². The number of para-hydroxylation sites is 1. The molecule has 2 heterocycles. The molecule has 3 aromatic rings. The summed E-state index contributed by atoms with van der Waals surface area (Å²) in [5.74, 6) is 2.60. The Kier molecular flexibility index (Phi) is 6.78. The molecule has 0 saturated carbocycles. The minimum Gasteiger partial charge on any atom is -0.496 e. The number of hydrogen-bond donors (Lipinski definition) is 1. The molecule has 0 atom stereocenters. The van der Waals surface area contributed by atoms with E-state index in [9.17, 15) is 4.79 Å². The first-order chi connectivity index (χ1) is 13.7. The molecule has 148 valence electrons. The zero-order valence-corrected chi connectivity index (χ0v) is 16.2. The average Bonchev–Trinajstić information content (AvgIpc) is 3.38. The first-order valence-corrected chi connectivity index (χ1v) is 9.44. The summed E-state index contributed by atoms with van der Waals surface area (Å²) in [4.78, 5) is 20.7. The third-order valence-corrected chi connectivity index (χ3v) is 4.40. The maximum Gasteiger partial charge on any atom is 0.227 e. The van der Waals surface area contributed by atoms with E-state index in [0.717, 1.165) is 30.8 Å². The van der Waals surface area contributed by atoms with Crippen molar-refractivity contribution in [1.82, 2.24) is 25.0 Å². The number of ether oxygens (including phenoxy) is 1. The van der Waals surface area contributed by atoms with Gasteiger partial charge in [0.2, 0.25) is 17.6 Å². The van der Waals surface area contributed by atoms with Crippen molar-refractivity contribution in [3.05, 3.63) is 48.4 Å². The van der Waals surface area contributed by atoms with Crippen LogP contribution in [0.2, 0.25) is 0 Å². The fraction of sp³-hybridized carbons (Fsp3) is 0.400. The number of methoxy groups -OCH3 is 1. The highest BCUT2D eigenvalue weighted by molar-refractivity contribution is 5.76. The second-order valence-electron chi connectivity index (χ2n) is 6.31. The van der Waals surface area contributed by atoms with E-state index in [4.69, 9.17) is 9.26 Å². The quantitative estimate of drug-likeness (QED) is 0.541. The van der Waals surface area contributed by atoms with Gasteiger partial charge in [-0.05, 0) is 18.6 Å². The maximum absolute atomic E-state index is 12.0. The summed E-state index contributed by atoms with van der Waals surface area (Å²) in [5, 5.41) is 6.91. The number of benzene rings is 1. The van der Waals surface area contributed by atoms with Crippen LogP contribution in [-0.4, -0.2) is 39.3 Å². The predicted octanol–water partition coefficient (Wildman–Crippen LogP) is 2.64. The number of carbonyl (C=O) groups excluding carboxylic acids is 1. The molecule has 0 radical (unpaired) electrons. The highest BCUT2D eigenvalue weighted by Gasteiger charge is 2.13. The van der Waals surface area contributed by atoms with Crippen molar-refractivity contribution >= 4 is 5.91 Å². The Hall–Kier alpha value is -3.16. The summed E-state index contributed by atoms with van der Waals surface area (Å²) in [6.45, 7) is 3.54. The van der Waals surface area contributed by atoms with Gasteiger partial charge in [0.25, 0.3) is 0 Å². The van der Waals surface area contributed by atoms with E-state index in [1.807, 2.05) is 30.5 Å². The molecule has 1 aromatic carbocycles. The van der Waals surface area contributed by atoms with Gasteiger partial charge in [0, 0.05) is 44.7 Å². The lowest BCUT2D eigenvalue weighted by atomic mass is 10.2. The van der Waals surface area contributed by atoms with Crippen LogP contribution in [0.25, 0.3) is 11.4 Å². The summed E-state index contributed by atoms with van der Waals surface area (Å²) < 4.78 is 12.7. The van der Waals surface area contributed by atoms with Crippen LogP contribution < -0.4 is 10.1 Å². The lowest BCUT2D eigenvalue weighted by Crippen LogP contribution is -2.25. The van der Waals surface area contributed by atoms with Gasteiger partial charge in [-0.3, -0.25) is 4.79 Å². The predicted molar refractivity (Wildman–Crippen MR) is 104 cm³/mol. The molecule has 0 spiro atoms. The van der Waals surface area contributed by atoms with Gasteiger partial charge in [0.1, 0.15) is 11.6 Å². The molecule has 8 heteroatoms. The minimum atomic E-state index is -0.0293. The van der Waals surface area contributed by atoms with Gasteiger partial charge in [-0.15, -0.1) is 0 Å². The fourth-order valence-corrected chi connectivity index (χ4v) is 2.94. The number of carbonyl (C=O) groups is 1. The SMILES string of the molecule is CCc1nccn1CCCNC(=O)CCc1nc(-c2ccccc2OC)no1. The number of hydrogen-bond acceptors (Lipinski definition) is 6. The van der Waals surface area contributed by atoms with E-state index in [1.165, 1.54) is 0 Å². The van der Waals surface area contributed by atoms with Crippen molar-refractivity contribution in [3.63, 3.8) is 0 Å². The largest absolute Gasteiger partial charge is 0.496 e. The lowest BCUT2D eigenvalue weighted by Gasteiger charge is -2.07. The second kappa shape index (κ2) is 9.68. The molecule has 8 nitrogen and oxygen atoms in total. The van der Waals surface area contributed by atoms with Gasteiger partial charge in [-0.2, -0.15) is 4.98 Å². The highest BCUT2D eigenvalue weighted by Crippen LogP contribution is 2.27. The number of nitrogens with one attached hydrogen (secondary N) is 1. The first-order valence-electron chi connectivity index (χ1n) is 9.44. The maximum atomic E-state index is 12.0. The van der Waals surface area contributed by atoms with Crippen LogP contribution >= 0.6 is 0 Å². The fourth-order valence-electron chi connectivity index (χ4n) is 2.94. The molecule has 3 rings (SSSR count). The molecule has 1 N–H and O–H groups in total. The molecule has 0 saturated heterocycles. The Bertz CT molecular complexity index is 903. The molecule has 0 aliphatic carbocycles. The molecule has 0 bridgehead atoms. The van der Waals surface area contributed by atoms with Crippen molar-refractivity contribution in [1.29, 1.82) is 0 Å². The van der Waals surface area contributed by atoms with Crippen molar-refractivity contribution in [3.8, 4) is 17.1 Å². The second-order valence-corrected chi connectivity index (χ2v) is 6.31. The molecule has 1 amide bonds. The zero-order chi connectivity index (χ0) is 19.8. The van der Waals surface area contributed by atoms with Crippen molar-refractivity contribution < 1.29 is 14.1 Å². The molecular formula is C20H25N5O3. The molecule has 0 unspecified atom stereocenters.